The third kappa shape index (κ3) is 2.69. The topological polar surface area (TPSA) is 44.4 Å². The Hall–Kier alpha value is -0.610. The molecule has 2 N–H and O–H groups in total. The summed E-state index contributed by atoms with van der Waals surface area (Å²) < 4.78 is 0. The van der Waals surface area contributed by atoms with E-state index < -0.39 is 0 Å². The molecule has 4 nitrogen and oxygen atoms in total. The maximum absolute atomic E-state index is 12.2. The first kappa shape index (κ1) is 12.4. The predicted molar refractivity (Wildman–Crippen MR) is 71.4 cm³/mol. The van der Waals surface area contributed by atoms with Crippen LogP contribution in [0.4, 0.5) is 0 Å². The van der Waals surface area contributed by atoms with E-state index in [0.29, 0.717) is 11.9 Å². The second kappa shape index (κ2) is 5.57. The number of nitrogens with zero attached hydrogens (tertiary/aromatic N) is 1. The average Bonchev–Trinajstić information content (AvgIpc) is 2.87. The average molecular weight is 251 g/mol. The maximum atomic E-state index is 12.2. The number of hydrogen-bond donors (Lipinski definition) is 2. The number of nitrogens with one attached hydrogen (secondary N) is 2. The Balaban J connectivity index is 1.48. The predicted octanol–water partition coefficient (Wildman–Crippen LogP) is 0.729. The fraction of sp³-hybridized carbons (Fsp3) is 0.929. The number of hydrogen-bond acceptors (Lipinski definition) is 3. The summed E-state index contributed by atoms with van der Waals surface area (Å²) in [5, 5.41) is 6.62. The molecule has 18 heavy (non-hydrogen) atoms. The molecule has 0 saturated carbocycles. The van der Waals surface area contributed by atoms with Crippen molar-refractivity contribution >= 4 is 5.91 Å². The van der Waals surface area contributed by atoms with Crippen molar-refractivity contribution in [1.29, 1.82) is 0 Å². The molecule has 1 amide bonds. The van der Waals surface area contributed by atoms with E-state index in [4.69, 9.17) is 0 Å². The van der Waals surface area contributed by atoms with Crippen LogP contribution >= 0.6 is 0 Å². The summed E-state index contributed by atoms with van der Waals surface area (Å²) in [6.07, 6.45) is 7.18. The lowest BCUT2D eigenvalue weighted by molar-refractivity contribution is -0.126. The van der Waals surface area contributed by atoms with Crippen LogP contribution in [0.3, 0.4) is 0 Å². The molecule has 3 saturated heterocycles. The lowest BCUT2D eigenvalue weighted by Crippen LogP contribution is -2.50. The summed E-state index contributed by atoms with van der Waals surface area (Å²) in [5.41, 5.74) is 0. The second-order valence-corrected chi connectivity index (χ2v) is 6.11. The van der Waals surface area contributed by atoms with Crippen molar-refractivity contribution in [3.63, 3.8) is 0 Å². The van der Waals surface area contributed by atoms with E-state index >= 15 is 0 Å². The normalized spacial score (nSPS) is 37.2. The van der Waals surface area contributed by atoms with Crippen LogP contribution in [0.25, 0.3) is 0 Å². The van der Waals surface area contributed by atoms with Crippen molar-refractivity contribution in [3.05, 3.63) is 0 Å². The summed E-state index contributed by atoms with van der Waals surface area (Å²) in [6, 6.07) is 1.17. The molecular formula is C14H25N3O. The Morgan fingerprint density at radius 1 is 1.17 bits per heavy atom. The smallest absolute Gasteiger partial charge is 0.224 e. The molecule has 3 heterocycles. The lowest BCUT2D eigenvalue weighted by Gasteiger charge is -2.36. The van der Waals surface area contributed by atoms with Gasteiger partial charge in [0.1, 0.15) is 0 Å². The fourth-order valence-electron chi connectivity index (χ4n) is 3.75. The molecule has 0 bridgehead atoms. The van der Waals surface area contributed by atoms with Crippen LogP contribution in [0.5, 0.6) is 0 Å². The molecule has 3 fully saturated rings. The Labute approximate surface area is 109 Å². The van der Waals surface area contributed by atoms with E-state index in [1.807, 2.05) is 0 Å². The summed E-state index contributed by atoms with van der Waals surface area (Å²) in [6.45, 7) is 4.40. The molecule has 102 valence electrons. The molecule has 3 aliphatic heterocycles. The zero-order chi connectivity index (χ0) is 12.4. The van der Waals surface area contributed by atoms with Crippen molar-refractivity contribution in [2.45, 2.75) is 50.6 Å². The number of rotatable bonds is 2. The highest BCUT2D eigenvalue weighted by Crippen LogP contribution is 2.27. The molecular weight excluding hydrogens is 226 g/mol. The number of piperidine rings is 2. The first-order valence-electron chi connectivity index (χ1n) is 7.58. The van der Waals surface area contributed by atoms with E-state index in [1.54, 1.807) is 0 Å². The first-order chi connectivity index (χ1) is 8.83. The summed E-state index contributed by atoms with van der Waals surface area (Å²) in [5.74, 6) is 0.499. The highest BCUT2D eigenvalue weighted by Gasteiger charge is 2.33. The van der Waals surface area contributed by atoms with Gasteiger partial charge in [0.15, 0.2) is 0 Å². The van der Waals surface area contributed by atoms with Crippen LogP contribution in [0.15, 0.2) is 0 Å². The highest BCUT2D eigenvalue weighted by molar-refractivity contribution is 5.79. The molecule has 3 unspecified atom stereocenters. The number of fused-ring (bicyclic) bond motifs is 1. The largest absolute Gasteiger partial charge is 0.353 e. The van der Waals surface area contributed by atoms with Gasteiger partial charge in [-0.25, -0.2) is 0 Å². The minimum Gasteiger partial charge on any atom is -0.353 e. The minimum atomic E-state index is 0.209. The van der Waals surface area contributed by atoms with E-state index in [0.717, 1.165) is 38.4 Å². The molecule has 0 aromatic rings. The Morgan fingerprint density at radius 3 is 2.94 bits per heavy atom. The zero-order valence-electron chi connectivity index (χ0n) is 11.2. The summed E-state index contributed by atoms with van der Waals surface area (Å²) in [7, 11) is 0. The lowest BCUT2D eigenvalue weighted by atomic mass is 9.95. The molecule has 0 aromatic carbocycles. The standard InChI is InChI=1S/C14H25N3O/c18-14(11-3-1-6-15-10-11)16-12-5-8-17-7-2-4-13(17)9-12/h11-13,15H,1-10H2,(H,16,18). The van der Waals surface area contributed by atoms with E-state index in [1.165, 1.54) is 32.4 Å². The van der Waals surface area contributed by atoms with Crippen molar-refractivity contribution in [2.75, 3.05) is 26.2 Å². The van der Waals surface area contributed by atoms with Gasteiger partial charge in [0, 0.05) is 25.2 Å². The number of amides is 1. The van der Waals surface area contributed by atoms with Gasteiger partial charge in [-0.1, -0.05) is 0 Å². The van der Waals surface area contributed by atoms with Gasteiger partial charge in [0.25, 0.3) is 0 Å². The molecule has 0 aromatic heterocycles. The SMILES string of the molecule is O=C(NC1CCN2CCCC2C1)C1CCCNC1. The van der Waals surface area contributed by atoms with Crippen LogP contribution < -0.4 is 10.6 Å². The Bertz CT molecular complexity index is 301. The number of carbonyl (C=O) groups excluding carboxylic acids is 1. The van der Waals surface area contributed by atoms with Crippen molar-refractivity contribution in [3.8, 4) is 0 Å². The van der Waals surface area contributed by atoms with E-state index in [2.05, 4.69) is 15.5 Å². The van der Waals surface area contributed by atoms with Crippen molar-refractivity contribution in [1.82, 2.24) is 15.5 Å². The second-order valence-electron chi connectivity index (χ2n) is 6.11. The zero-order valence-corrected chi connectivity index (χ0v) is 11.2. The maximum Gasteiger partial charge on any atom is 0.224 e. The van der Waals surface area contributed by atoms with Crippen LogP contribution in [-0.4, -0.2) is 49.1 Å². The third-order valence-corrected chi connectivity index (χ3v) is 4.83. The fourth-order valence-corrected chi connectivity index (χ4v) is 3.75. The van der Waals surface area contributed by atoms with Gasteiger partial charge >= 0.3 is 0 Å². The van der Waals surface area contributed by atoms with Crippen LogP contribution in [-0.2, 0) is 4.79 Å². The highest BCUT2D eigenvalue weighted by atomic mass is 16.2. The Morgan fingerprint density at radius 2 is 2.11 bits per heavy atom. The van der Waals surface area contributed by atoms with E-state index in [-0.39, 0.29) is 5.92 Å². The van der Waals surface area contributed by atoms with Gasteiger partial charge in [0.05, 0.1) is 5.92 Å². The van der Waals surface area contributed by atoms with Gasteiger partial charge in [0.2, 0.25) is 5.91 Å². The van der Waals surface area contributed by atoms with Gasteiger partial charge in [-0.3, -0.25) is 4.79 Å². The molecule has 0 radical (unpaired) electrons. The van der Waals surface area contributed by atoms with Crippen molar-refractivity contribution < 1.29 is 4.79 Å². The third-order valence-electron chi connectivity index (χ3n) is 4.83. The van der Waals surface area contributed by atoms with Crippen LogP contribution in [0.1, 0.15) is 38.5 Å². The quantitative estimate of drug-likeness (QED) is 0.760. The van der Waals surface area contributed by atoms with Gasteiger partial charge in [-0.15, -0.1) is 0 Å². The first-order valence-corrected chi connectivity index (χ1v) is 7.58. The molecule has 0 spiro atoms. The van der Waals surface area contributed by atoms with Gasteiger partial charge in [-0.2, -0.15) is 0 Å². The number of carbonyl (C=O) groups is 1. The molecule has 4 heteroatoms. The van der Waals surface area contributed by atoms with Gasteiger partial charge in [-0.05, 0) is 51.6 Å². The monoisotopic (exact) mass is 251 g/mol. The molecule has 3 aliphatic rings. The Kier molecular flexibility index (Phi) is 3.85. The van der Waals surface area contributed by atoms with E-state index in [9.17, 15) is 4.79 Å². The van der Waals surface area contributed by atoms with Crippen molar-refractivity contribution in [2.24, 2.45) is 5.92 Å². The molecule has 0 aliphatic carbocycles. The van der Waals surface area contributed by atoms with Crippen LogP contribution in [0.2, 0.25) is 0 Å². The summed E-state index contributed by atoms with van der Waals surface area (Å²) >= 11 is 0. The molecule has 3 rings (SSSR count). The minimum absolute atomic E-state index is 0.209. The summed E-state index contributed by atoms with van der Waals surface area (Å²) in [4.78, 5) is 14.8. The molecule has 3 atom stereocenters. The van der Waals surface area contributed by atoms with Gasteiger partial charge < -0.3 is 15.5 Å². The van der Waals surface area contributed by atoms with Crippen LogP contribution in [0, 0.1) is 5.92 Å².